The van der Waals surface area contributed by atoms with Crippen molar-refractivity contribution < 1.29 is 0 Å². The molecule has 0 spiro atoms. The molecule has 1 aromatic heterocycles. The molecule has 0 radical (unpaired) electrons. The smallest absolute Gasteiger partial charge is 0.199 e. The summed E-state index contributed by atoms with van der Waals surface area (Å²) in [6.07, 6.45) is 0. The summed E-state index contributed by atoms with van der Waals surface area (Å²) in [4.78, 5) is 6.84. The number of fused-ring (bicyclic) bond motifs is 1. The number of rotatable bonds is 0. The summed E-state index contributed by atoms with van der Waals surface area (Å²) in [5, 5.41) is 1.47. The van der Waals surface area contributed by atoms with Gasteiger partial charge in [-0.05, 0) is 30.4 Å². The zero-order valence-electron chi connectivity index (χ0n) is 6.54. The van der Waals surface area contributed by atoms with E-state index in [1.54, 1.807) is 12.1 Å². The molecule has 0 aliphatic carbocycles. The minimum Gasteiger partial charge on any atom is -0.383 e. The number of aromatic amines is 1. The maximum Gasteiger partial charge on any atom is 0.199 e. The molecule has 2 aromatic rings. The summed E-state index contributed by atoms with van der Waals surface area (Å²) >= 11 is 10.7. The van der Waals surface area contributed by atoms with E-state index in [2.05, 4.69) is 9.97 Å². The molecule has 0 atom stereocenters. The number of hydrogen-bond donors (Lipinski definition) is 2. The normalized spacial score (nSPS) is 10.5. The number of H-pyrrole nitrogens is 1. The van der Waals surface area contributed by atoms with Crippen LogP contribution in [0.25, 0.3) is 10.9 Å². The van der Waals surface area contributed by atoms with Gasteiger partial charge in [0.25, 0.3) is 0 Å². The average molecular weight is 212 g/mol. The molecule has 0 aliphatic rings. The summed E-state index contributed by atoms with van der Waals surface area (Å²) in [5.41, 5.74) is 6.48. The fourth-order valence-electron chi connectivity index (χ4n) is 1.16. The molecule has 5 heteroatoms. The second-order valence-electron chi connectivity index (χ2n) is 2.62. The minimum atomic E-state index is 0.368. The molecule has 0 saturated carbocycles. The van der Waals surface area contributed by atoms with Gasteiger partial charge in [-0.25, -0.2) is 4.98 Å². The molecule has 0 unspecified atom stereocenters. The Kier molecular flexibility index (Phi) is 1.94. The SMILES string of the molecule is Nc1nc(=S)[nH]c2cc(Cl)ccc12. The van der Waals surface area contributed by atoms with Crippen molar-refractivity contribution in [2.24, 2.45) is 0 Å². The first-order chi connectivity index (χ1) is 6.16. The van der Waals surface area contributed by atoms with Crippen LogP contribution in [0.3, 0.4) is 0 Å². The third-order valence-corrected chi connectivity index (χ3v) is 2.15. The molecule has 3 N–H and O–H groups in total. The van der Waals surface area contributed by atoms with E-state index in [4.69, 9.17) is 29.6 Å². The third kappa shape index (κ3) is 1.50. The van der Waals surface area contributed by atoms with Crippen LogP contribution in [0, 0.1) is 4.77 Å². The molecule has 2 rings (SSSR count). The lowest BCUT2D eigenvalue weighted by Gasteiger charge is -2.00. The van der Waals surface area contributed by atoms with Crippen molar-refractivity contribution in [3.05, 3.63) is 28.0 Å². The fourth-order valence-corrected chi connectivity index (χ4v) is 1.54. The molecule has 0 aliphatic heterocycles. The minimum absolute atomic E-state index is 0.368. The second kappa shape index (κ2) is 2.97. The number of nitrogens with zero attached hydrogens (tertiary/aromatic N) is 1. The largest absolute Gasteiger partial charge is 0.383 e. The van der Waals surface area contributed by atoms with Crippen LogP contribution in [0.2, 0.25) is 5.02 Å². The predicted octanol–water partition coefficient (Wildman–Crippen LogP) is 2.53. The molecule has 0 amide bonds. The summed E-state index contributed by atoms with van der Waals surface area (Å²) in [7, 11) is 0. The Bertz CT molecular complexity index is 520. The summed E-state index contributed by atoms with van der Waals surface area (Å²) in [6, 6.07) is 5.34. The van der Waals surface area contributed by atoms with Crippen LogP contribution in [0.15, 0.2) is 18.2 Å². The Labute approximate surface area is 84.6 Å². The lowest BCUT2D eigenvalue weighted by Crippen LogP contribution is -1.94. The molecule has 1 aromatic carbocycles. The van der Waals surface area contributed by atoms with Gasteiger partial charge in [0.1, 0.15) is 5.82 Å². The molecular formula is C8H6ClN3S. The van der Waals surface area contributed by atoms with E-state index in [0.29, 0.717) is 15.6 Å². The van der Waals surface area contributed by atoms with Gasteiger partial charge >= 0.3 is 0 Å². The topological polar surface area (TPSA) is 54.7 Å². The molecule has 1 heterocycles. The van der Waals surface area contributed by atoms with Crippen molar-refractivity contribution in [2.45, 2.75) is 0 Å². The van der Waals surface area contributed by atoms with Crippen LogP contribution in [0.4, 0.5) is 5.82 Å². The van der Waals surface area contributed by atoms with Crippen molar-refractivity contribution >= 4 is 40.5 Å². The van der Waals surface area contributed by atoms with Crippen LogP contribution in [0.1, 0.15) is 0 Å². The number of anilines is 1. The first-order valence-electron chi connectivity index (χ1n) is 3.62. The second-order valence-corrected chi connectivity index (χ2v) is 3.44. The lowest BCUT2D eigenvalue weighted by atomic mass is 10.2. The van der Waals surface area contributed by atoms with E-state index in [-0.39, 0.29) is 0 Å². The van der Waals surface area contributed by atoms with Crippen LogP contribution in [0.5, 0.6) is 0 Å². The zero-order valence-corrected chi connectivity index (χ0v) is 8.12. The van der Waals surface area contributed by atoms with Gasteiger partial charge in [0, 0.05) is 10.4 Å². The van der Waals surface area contributed by atoms with E-state index < -0.39 is 0 Å². The van der Waals surface area contributed by atoms with Crippen molar-refractivity contribution in [2.75, 3.05) is 5.73 Å². The molecular weight excluding hydrogens is 206 g/mol. The highest BCUT2D eigenvalue weighted by Crippen LogP contribution is 2.20. The third-order valence-electron chi connectivity index (χ3n) is 1.72. The first kappa shape index (κ1) is 8.47. The van der Waals surface area contributed by atoms with Gasteiger partial charge in [-0.15, -0.1) is 0 Å². The van der Waals surface area contributed by atoms with Gasteiger partial charge < -0.3 is 10.7 Å². The van der Waals surface area contributed by atoms with Gasteiger partial charge in [-0.1, -0.05) is 11.6 Å². The van der Waals surface area contributed by atoms with Crippen LogP contribution in [-0.4, -0.2) is 9.97 Å². The molecule has 13 heavy (non-hydrogen) atoms. The first-order valence-corrected chi connectivity index (χ1v) is 4.40. The average Bonchev–Trinajstić information content (AvgIpc) is 2.02. The quantitative estimate of drug-likeness (QED) is 0.659. The van der Waals surface area contributed by atoms with Crippen molar-refractivity contribution in [1.29, 1.82) is 0 Å². The standard InChI is InChI=1S/C8H6ClN3S/c9-4-1-2-5-6(3-4)11-8(13)12-7(5)10/h1-3H,(H3,10,11,12,13). The number of benzene rings is 1. The van der Waals surface area contributed by atoms with Crippen molar-refractivity contribution in [3.8, 4) is 0 Å². The zero-order chi connectivity index (χ0) is 9.42. The number of halogens is 1. The number of nitrogens with two attached hydrogens (primary N) is 1. The number of hydrogen-bond acceptors (Lipinski definition) is 3. The van der Waals surface area contributed by atoms with Crippen LogP contribution in [-0.2, 0) is 0 Å². The summed E-state index contributed by atoms with van der Waals surface area (Å²) < 4.78 is 0.368. The number of aromatic nitrogens is 2. The van der Waals surface area contributed by atoms with E-state index >= 15 is 0 Å². The monoisotopic (exact) mass is 211 g/mol. The van der Waals surface area contributed by atoms with Crippen LogP contribution < -0.4 is 5.73 Å². The Balaban J connectivity index is 2.94. The predicted molar refractivity (Wildman–Crippen MR) is 56.4 cm³/mol. The van der Waals surface area contributed by atoms with Gasteiger partial charge in [0.05, 0.1) is 5.52 Å². The van der Waals surface area contributed by atoms with Crippen LogP contribution >= 0.6 is 23.8 Å². The maximum atomic E-state index is 5.81. The molecule has 3 nitrogen and oxygen atoms in total. The molecule has 0 fully saturated rings. The Hall–Kier alpha value is -1.13. The number of nitrogens with one attached hydrogen (secondary N) is 1. The lowest BCUT2D eigenvalue weighted by molar-refractivity contribution is 1.19. The van der Waals surface area contributed by atoms with Crippen molar-refractivity contribution in [3.63, 3.8) is 0 Å². The highest BCUT2D eigenvalue weighted by molar-refractivity contribution is 7.71. The van der Waals surface area contributed by atoms with Gasteiger partial charge in [-0.2, -0.15) is 0 Å². The molecule has 0 saturated heterocycles. The van der Waals surface area contributed by atoms with E-state index in [0.717, 1.165) is 10.9 Å². The van der Waals surface area contributed by atoms with E-state index in [1.807, 2.05) is 6.07 Å². The Morgan fingerprint density at radius 3 is 3.00 bits per heavy atom. The maximum absolute atomic E-state index is 5.81. The highest BCUT2D eigenvalue weighted by atomic mass is 35.5. The highest BCUT2D eigenvalue weighted by Gasteiger charge is 1.99. The fraction of sp³-hybridized carbons (Fsp3) is 0. The Morgan fingerprint density at radius 1 is 1.46 bits per heavy atom. The van der Waals surface area contributed by atoms with Gasteiger partial charge in [0.15, 0.2) is 4.77 Å². The van der Waals surface area contributed by atoms with E-state index in [9.17, 15) is 0 Å². The van der Waals surface area contributed by atoms with E-state index in [1.165, 1.54) is 0 Å². The van der Waals surface area contributed by atoms with Crippen molar-refractivity contribution in [1.82, 2.24) is 9.97 Å². The summed E-state index contributed by atoms with van der Waals surface area (Å²) in [6.45, 7) is 0. The number of nitrogen functional groups attached to an aromatic ring is 1. The summed E-state index contributed by atoms with van der Waals surface area (Å²) in [5.74, 6) is 0.426. The van der Waals surface area contributed by atoms with Gasteiger partial charge in [0.2, 0.25) is 0 Å². The van der Waals surface area contributed by atoms with Gasteiger partial charge in [-0.3, -0.25) is 0 Å². The molecule has 66 valence electrons. The Morgan fingerprint density at radius 2 is 2.23 bits per heavy atom. The molecule has 0 bridgehead atoms.